The van der Waals surface area contributed by atoms with Gasteiger partial charge in [0.1, 0.15) is 12.4 Å². The summed E-state index contributed by atoms with van der Waals surface area (Å²) in [5.74, 6) is -0.0223. The van der Waals surface area contributed by atoms with Crippen molar-refractivity contribution < 1.29 is 19.5 Å². The maximum atomic E-state index is 11.8. The number of amidine groups is 1. The first-order chi connectivity index (χ1) is 8.65. The van der Waals surface area contributed by atoms with Crippen LogP contribution < -0.4 is 5.73 Å². The van der Waals surface area contributed by atoms with Crippen molar-refractivity contribution in [3.63, 3.8) is 0 Å². The van der Waals surface area contributed by atoms with Crippen molar-refractivity contribution in [2.24, 2.45) is 10.9 Å². The van der Waals surface area contributed by atoms with Crippen LogP contribution in [0.3, 0.4) is 0 Å². The number of methoxy groups -OCH3 is 1. The Morgan fingerprint density at radius 3 is 2.67 bits per heavy atom. The van der Waals surface area contributed by atoms with Crippen molar-refractivity contribution in [1.82, 2.24) is 4.90 Å². The zero-order valence-corrected chi connectivity index (χ0v) is 11.1. The van der Waals surface area contributed by atoms with E-state index in [1.807, 2.05) is 6.92 Å². The number of nitrogens with zero attached hydrogens (tertiary/aromatic N) is 2. The summed E-state index contributed by atoms with van der Waals surface area (Å²) in [4.78, 5) is 13.4. The van der Waals surface area contributed by atoms with Gasteiger partial charge in [0.15, 0.2) is 0 Å². The molecular formula is C11H23N3O4. The van der Waals surface area contributed by atoms with E-state index in [-0.39, 0.29) is 18.3 Å². The van der Waals surface area contributed by atoms with Gasteiger partial charge in [-0.15, -0.1) is 0 Å². The zero-order valence-electron chi connectivity index (χ0n) is 11.1. The summed E-state index contributed by atoms with van der Waals surface area (Å²) in [5.41, 5.74) is 5.37. The molecule has 1 amide bonds. The molecule has 7 heteroatoms. The molecule has 3 N–H and O–H groups in total. The molecule has 0 atom stereocenters. The standard InChI is InChI=1S/C11H23N3O4/c1-3-7-18-9-11(15)14(6-8-17-2)5-4-10(12)13-16/h16H,3-9H2,1-2H3,(H2,12,13). The number of carbonyl (C=O) groups is 1. The molecule has 0 fully saturated rings. The van der Waals surface area contributed by atoms with Crippen LogP contribution in [-0.4, -0.2) is 61.9 Å². The molecular weight excluding hydrogens is 238 g/mol. The van der Waals surface area contributed by atoms with Crippen LogP contribution >= 0.6 is 0 Å². The van der Waals surface area contributed by atoms with Gasteiger partial charge in [0, 0.05) is 33.2 Å². The van der Waals surface area contributed by atoms with Gasteiger partial charge < -0.3 is 25.3 Å². The summed E-state index contributed by atoms with van der Waals surface area (Å²) in [6.45, 7) is 3.87. The molecule has 0 spiro atoms. The quantitative estimate of drug-likeness (QED) is 0.190. The van der Waals surface area contributed by atoms with E-state index in [9.17, 15) is 4.79 Å². The van der Waals surface area contributed by atoms with Gasteiger partial charge >= 0.3 is 0 Å². The van der Waals surface area contributed by atoms with E-state index in [0.717, 1.165) is 6.42 Å². The fourth-order valence-corrected chi connectivity index (χ4v) is 1.26. The normalized spacial score (nSPS) is 11.6. The summed E-state index contributed by atoms with van der Waals surface area (Å²) in [5, 5.41) is 11.3. The van der Waals surface area contributed by atoms with Gasteiger partial charge in [-0.25, -0.2) is 0 Å². The lowest BCUT2D eigenvalue weighted by molar-refractivity contribution is -0.136. The highest BCUT2D eigenvalue weighted by atomic mass is 16.5. The molecule has 7 nitrogen and oxygen atoms in total. The van der Waals surface area contributed by atoms with Crippen LogP contribution in [0.4, 0.5) is 0 Å². The van der Waals surface area contributed by atoms with Crippen LogP contribution in [0, 0.1) is 0 Å². The van der Waals surface area contributed by atoms with Crippen LogP contribution in [0.1, 0.15) is 19.8 Å². The number of oxime groups is 1. The topological polar surface area (TPSA) is 97.4 Å². The lowest BCUT2D eigenvalue weighted by atomic mass is 10.3. The number of ether oxygens (including phenoxy) is 2. The monoisotopic (exact) mass is 261 g/mol. The number of hydrogen-bond acceptors (Lipinski definition) is 5. The molecule has 0 radical (unpaired) electrons. The SMILES string of the molecule is CCCOCC(=O)N(CCOC)CCC(N)=NO. The summed E-state index contributed by atoms with van der Waals surface area (Å²) >= 11 is 0. The van der Waals surface area contributed by atoms with E-state index in [2.05, 4.69) is 5.16 Å². The minimum Gasteiger partial charge on any atom is -0.409 e. The molecule has 0 aliphatic heterocycles. The first-order valence-electron chi connectivity index (χ1n) is 5.96. The first kappa shape index (κ1) is 16.7. The second-order valence-electron chi connectivity index (χ2n) is 3.77. The Kier molecular flexibility index (Phi) is 9.99. The molecule has 106 valence electrons. The number of carbonyl (C=O) groups excluding carboxylic acids is 1. The maximum Gasteiger partial charge on any atom is 0.248 e. The highest BCUT2D eigenvalue weighted by molar-refractivity contribution is 5.81. The van der Waals surface area contributed by atoms with Gasteiger partial charge in [0.05, 0.1) is 6.61 Å². The van der Waals surface area contributed by atoms with Crippen LogP contribution in [0.25, 0.3) is 0 Å². The van der Waals surface area contributed by atoms with Crippen molar-refractivity contribution >= 4 is 11.7 Å². The average Bonchev–Trinajstić information content (AvgIpc) is 2.38. The average molecular weight is 261 g/mol. The summed E-state index contributed by atoms with van der Waals surface area (Å²) in [6, 6.07) is 0. The second-order valence-corrected chi connectivity index (χ2v) is 3.77. The van der Waals surface area contributed by atoms with Crippen LogP contribution in [0.15, 0.2) is 5.16 Å². The molecule has 0 rings (SSSR count). The molecule has 0 heterocycles. The van der Waals surface area contributed by atoms with E-state index in [1.54, 1.807) is 12.0 Å². The number of nitrogens with two attached hydrogens (primary N) is 1. The predicted octanol–water partition coefficient (Wildman–Crippen LogP) is 0.0245. The van der Waals surface area contributed by atoms with Gasteiger partial charge in [-0.3, -0.25) is 4.79 Å². The smallest absolute Gasteiger partial charge is 0.248 e. The molecule has 0 aliphatic rings. The minimum atomic E-state index is -0.119. The largest absolute Gasteiger partial charge is 0.409 e. The Hall–Kier alpha value is -1.34. The molecule has 0 aromatic carbocycles. The summed E-state index contributed by atoms with van der Waals surface area (Å²) in [6.07, 6.45) is 1.19. The molecule has 0 aliphatic carbocycles. The van der Waals surface area contributed by atoms with Gasteiger partial charge in [-0.2, -0.15) is 0 Å². The number of rotatable bonds is 10. The molecule has 0 bridgehead atoms. The van der Waals surface area contributed by atoms with E-state index in [1.165, 1.54) is 0 Å². The number of amides is 1. The van der Waals surface area contributed by atoms with Gasteiger partial charge in [-0.1, -0.05) is 12.1 Å². The predicted molar refractivity (Wildman–Crippen MR) is 67.6 cm³/mol. The molecule has 18 heavy (non-hydrogen) atoms. The number of hydrogen-bond donors (Lipinski definition) is 2. The Bertz CT molecular complexity index is 259. The third-order valence-electron chi connectivity index (χ3n) is 2.26. The Balaban J connectivity index is 4.14. The maximum absolute atomic E-state index is 11.8. The van der Waals surface area contributed by atoms with Crippen LogP contribution in [0.2, 0.25) is 0 Å². The Labute approximate surface area is 108 Å². The van der Waals surface area contributed by atoms with Crippen LogP contribution in [-0.2, 0) is 14.3 Å². The van der Waals surface area contributed by atoms with Gasteiger partial charge in [0.25, 0.3) is 0 Å². The van der Waals surface area contributed by atoms with Crippen LogP contribution in [0.5, 0.6) is 0 Å². The lowest BCUT2D eigenvalue weighted by Crippen LogP contribution is -2.38. The lowest BCUT2D eigenvalue weighted by Gasteiger charge is -2.22. The highest BCUT2D eigenvalue weighted by Gasteiger charge is 2.13. The summed E-state index contributed by atoms with van der Waals surface area (Å²) < 4.78 is 10.1. The van der Waals surface area contributed by atoms with Crippen molar-refractivity contribution in [1.29, 1.82) is 0 Å². The van der Waals surface area contributed by atoms with E-state index in [0.29, 0.717) is 32.7 Å². The molecule has 0 aromatic rings. The zero-order chi connectivity index (χ0) is 13.8. The fourth-order valence-electron chi connectivity index (χ4n) is 1.26. The third-order valence-corrected chi connectivity index (χ3v) is 2.26. The van der Waals surface area contributed by atoms with Crippen molar-refractivity contribution in [3.8, 4) is 0 Å². The van der Waals surface area contributed by atoms with Gasteiger partial charge in [-0.05, 0) is 6.42 Å². The van der Waals surface area contributed by atoms with E-state index >= 15 is 0 Å². The van der Waals surface area contributed by atoms with E-state index < -0.39 is 0 Å². The van der Waals surface area contributed by atoms with E-state index in [4.69, 9.17) is 20.4 Å². The highest BCUT2D eigenvalue weighted by Crippen LogP contribution is 1.96. The van der Waals surface area contributed by atoms with Crippen molar-refractivity contribution in [2.75, 3.05) is 40.0 Å². The third kappa shape index (κ3) is 7.86. The Morgan fingerprint density at radius 2 is 2.11 bits per heavy atom. The Morgan fingerprint density at radius 1 is 1.39 bits per heavy atom. The molecule has 0 unspecified atom stereocenters. The van der Waals surface area contributed by atoms with Crippen molar-refractivity contribution in [3.05, 3.63) is 0 Å². The second kappa shape index (κ2) is 10.8. The molecule has 0 aromatic heterocycles. The molecule has 0 saturated carbocycles. The van der Waals surface area contributed by atoms with Crippen molar-refractivity contribution in [2.45, 2.75) is 19.8 Å². The first-order valence-corrected chi connectivity index (χ1v) is 5.96. The fraction of sp³-hybridized carbons (Fsp3) is 0.818. The molecule has 0 saturated heterocycles. The summed E-state index contributed by atoms with van der Waals surface area (Å²) in [7, 11) is 1.57. The van der Waals surface area contributed by atoms with Gasteiger partial charge in [0.2, 0.25) is 5.91 Å². The minimum absolute atomic E-state index is 0.0493.